The maximum absolute atomic E-state index is 13.2. The van der Waals surface area contributed by atoms with Crippen molar-refractivity contribution < 1.29 is 40.8 Å². The van der Waals surface area contributed by atoms with Crippen LogP contribution in [0, 0.1) is 5.92 Å². The van der Waals surface area contributed by atoms with Gasteiger partial charge in [0.2, 0.25) is 0 Å². The summed E-state index contributed by atoms with van der Waals surface area (Å²) in [5.41, 5.74) is 1.02. The van der Waals surface area contributed by atoms with Gasteiger partial charge in [0.15, 0.2) is 11.7 Å². The molecule has 1 atom stereocenters. The van der Waals surface area contributed by atoms with E-state index in [1.807, 2.05) is 0 Å². The summed E-state index contributed by atoms with van der Waals surface area (Å²) in [6.07, 6.45) is -13.1. The van der Waals surface area contributed by atoms with Gasteiger partial charge in [-0.25, -0.2) is 4.79 Å². The molecule has 1 aliphatic rings. The summed E-state index contributed by atoms with van der Waals surface area (Å²) in [6.45, 7) is -1.36. The van der Waals surface area contributed by atoms with Crippen molar-refractivity contribution in [3.63, 3.8) is 0 Å². The van der Waals surface area contributed by atoms with Crippen LogP contribution < -0.4 is 0 Å². The number of piperazine rings is 1. The maximum Gasteiger partial charge on any atom is 0.407 e. The summed E-state index contributed by atoms with van der Waals surface area (Å²) in [6, 6.07) is 8.05. The fourth-order valence-electron chi connectivity index (χ4n) is 3.51. The van der Waals surface area contributed by atoms with Gasteiger partial charge in [0.25, 0.3) is 0 Å². The molecule has 0 bridgehead atoms. The fraction of sp³-hybridized carbons (Fsp3) is 0.444. The van der Waals surface area contributed by atoms with Crippen LogP contribution in [0.1, 0.15) is 5.69 Å². The molecule has 1 saturated heterocycles. The molecule has 1 aromatic heterocycles. The number of benzene rings is 1. The van der Waals surface area contributed by atoms with E-state index in [1.165, 1.54) is 4.90 Å². The molecule has 6 nitrogen and oxygen atoms in total. The summed E-state index contributed by atoms with van der Waals surface area (Å²) < 4.78 is 84.4. The first-order chi connectivity index (χ1) is 14.0. The number of aromatic nitrogens is 1. The Morgan fingerprint density at radius 3 is 2.33 bits per heavy atom. The van der Waals surface area contributed by atoms with Crippen molar-refractivity contribution in [1.82, 2.24) is 15.0 Å². The van der Waals surface area contributed by atoms with E-state index >= 15 is 0 Å². The molecule has 1 unspecified atom stereocenters. The second kappa shape index (κ2) is 8.17. The summed E-state index contributed by atoms with van der Waals surface area (Å²) in [5, 5.41) is 13.0. The van der Waals surface area contributed by atoms with E-state index in [0.717, 1.165) is 0 Å². The van der Waals surface area contributed by atoms with Gasteiger partial charge in [-0.3, -0.25) is 4.90 Å². The zero-order valence-electron chi connectivity index (χ0n) is 15.3. The molecule has 0 radical (unpaired) electrons. The molecule has 0 spiro atoms. The molecule has 0 saturated carbocycles. The van der Waals surface area contributed by atoms with Crippen molar-refractivity contribution in [2.75, 3.05) is 19.6 Å². The van der Waals surface area contributed by atoms with E-state index in [4.69, 9.17) is 9.63 Å². The highest BCUT2D eigenvalue weighted by molar-refractivity contribution is 5.65. The zero-order valence-corrected chi connectivity index (χ0v) is 15.3. The highest BCUT2D eigenvalue weighted by atomic mass is 19.4. The van der Waals surface area contributed by atoms with E-state index in [1.54, 1.807) is 36.4 Å². The van der Waals surface area contributed by atoms with Gasteiger partial charge in [-0.15, -0.1) is 0 Å². The van der Waals surface area contributed by atoms with Gasteiger partial charge in [0.1, 0.15) is 0 Å². The van der Waals surface area contributed by atoms with Gasteiger partial charge < -0.3 is 14.5 Å². The number of carboxylic acid groups (broad SMARTS) is 1. The van der Waals surface area contributed by atoms with E-state index in [-0.39, 0.29) is 18.0 Å². The molecule has 1 N–H and O–H groups in total. The lowest BCUT2D eigenvalue weighted by atomic mass is 9.94. The molecule has 2 heterocycles. The Morgan fingerprint density at radius 1 is 1.13 bits per heavy atom. The van der Waals surface area contributed by atoms with Crippen molar-refractivity contribution in [2.45, 2.75) is 24.9 Å². The average Bonchev–Trinajstić information content (AvgIpc) is 3.08. The minimum Gasteiger partial charge on any atom is -0.465 e. The first-order valence-corrected chi connectivity index (χ1v) is 8.83. The average molecular weight is 437 g/mol. The normalized spacial score (nSPS) is 18.8. The number of rotatable bonds is 4. The van der Waals surface area contributed by atoms with Gasteiger partial charge in [-0.2, -0.15) is 26.3 Å². The largest absolute Gasteiger partial charge is 0.465 e. The lowest BCUT2D eigenvalue weighted by Crippen LogP contribution is -2.62. The Morgan fingerprint density at radius 2 is 1.77 bits per heavy atom. The lowest BCUT2D eigenvalue weighted by Gasteiger charge is -2.43. The lowest BCUT2D eigenvalue weighted by molar-refractivity contribution is -0.300. The van der Waals surface area contributed by atoms with E-state index in [9.17, 15) is 31.1 Å². The summed E-state index contributed by atoms with van der Waals surface area (Å²) in [7, 11) is 0. The number of amides is 1. The van der Waals surface area contributed by atoms with Crippen LogP contribution in [0.4, 0.5) is 31.1 Å². The highest BCUT2D eigenvalue weighted by Gasteiger charge is 2.62. The molecule has 1 aliphatic heterocycles. The maximum atomic E-state index is 13.2. The quantitative estimate of drug-likeness (QED) is 0.725. The van der Waals surface area contributed by atoms with Crippen molar-refractivity contribution in [3.8, 4) is 11.3 Å². The molecular formula is C18H17F6N3O3. The third-order valence-electron chi connectivity index (χ3n) is 4.84. The van der Waals surface area contributed by atoms with Gasteiger partial charge in [-0.05, 0) is 0 Å². The molecule has 3 rings (SSSR count). The highest BCUT2D eigenvalue weighted by Crippen LogP contribution is 2.43. The number of nitrogens with zero attached hydrogens (tertiary/aromatic N) is 3. The van der Waals surface area contributed by atoms with E-state index in [2.05, 4.69) is 5.16 Å². The molecule has 1 aromatic carbocycles. The zero-order chi connectivity index (χ0) is 22.1. The number of alkyl halides is 6. The van der Waals surface area contributed by atoms with Crippen LogP contribution in [0.3, 0.4) is 0 Å². The Kier molecular flexibility index (Phi) is 5.97. The van der Waals surface area contributed by atoms with Crippen LogP contribution in [0.5, 0.6) is 0 Å². The number of hydrogen-bond acceptors (Lipinski definition) is 4. The molecule has 30 heavy (non-hydrogen) atoms. The number of carbonyl (C=O) groups is 1. The second-order valence-corrected chi connectivity index (χ2v) is 6.89. The van der Waals surface area contributed by atoms with Crippen molar-refractivity contribution in [1.29, 1.82) is 0 Å². The summed E-state index contributed by atoms with van der Waals surface area (Å²) in [5.74, 6) is -3.39. The van der Waals surface area contributed by atoms with Crippen molar-refractivity contribution in [3.05, 3.63) is 42.1 Å². The molecule has 0 aliphatic carbocycles. The predicted octanol–water partition coefficient (Wildman–Crippen LogP) is 4.25. The third kappa shape index (κ3) is 4.86. The topological polar surface area (TPSA) is 69.8 Å². The number of hydrogen-bond donors (Lipinski definition) is 1. The Balaban J connectivity index is 1.80. The van der Waals surface area contributed by atoms with Crippen LogP contribution >= 0.6 is 0 Å². The first-order valence-electron chi connectivity index (χ1n) is 8.83. The molecule has 1 amide bonds. The first kappa shape index (κ1) is 21.9. The van der Waals surface area contributed by atoms with Gasteiger partial charge in [0, 0.05) is 37.8 Å². The van der Waals surface area contributed by atoms with Crippen LogP contribution in [0.15, 0.2) is 40.9 Å². The smallest absolute Gasteiger partial charge is 0.407 e. The monoisotopic (exact) mass is 437 g/mol. The van der Waals surface area contributed by atoms with Gasteiger partial charge in [-0.1, -0.05) is 35.5 Å². The fourth-order valence-corrected chi connectivity index (χ4v) is 3.51. The van der Waals surface area contributed by atoms with Crippen molar-refractivity contribution in [2.24, 2.45) is 5.92 Å². The summed E-state index contributed by atoms with van der Waals surface area (Å²) in [4.78, 5) is 12.8. The Bertz CT molecular complexity index is 854. The minimum atomic E-state index is -5.64. The second-order valence-electron chi connectivity index (χ2n) is 6.89. The molecular weight excluding hydrogens is 420 g/mol. The van der Waals surface area contributed by atoms with Crippen LogP contribution in [0.25, 0.3) is 11.3 Å². The third-order valence-corrected chi connectivity index (χ3v) is 4.84. The van der Waals surface area contributed by atoms with Gasteiger partial charge >= 0.3 is 18.4 Å². The van der Waals surface area contributed by atoms with Crippen LogP contribution in [-0.2, 0) is 6.54 Å². The molecule has 164 valence electrons. The van der Waals surface area contributed by atoms with Crippen LogP contribution in [-0.4, -0.2) is 64.2 Å². The van der Waals surface area contributed by atoms with Gasteiger partial charge in [0.05, 0.1) is 11.7 Å². The number of halogens is 6. The van der Waals surface area contributed by atoms with Crippen LogP contribution in [0.2, 0.25) is 0 Å². The molecule has 1 fully saturated rings. The molecule has 2 aromatic rings. The van der Waals surface area contributed by atoms with E-state index in [0.29, 0.717) is 17.0 Å². The standard InChI is InChI=1S/C18H17F6N3O3/c19-17(20,21)15(18(22,23)24)13-10-26(6-7-27(13)16(28)29)9-12-8-14(30-25-12)11-4-2-1-3-5-11/h1-5,8,13,15H,6-7,9-10H2,(H,28,29). The van der Waals surface area contributed by atoms with Crippen molar-refractivity contribution >= 4 is 6.09 Å². The SMILES string of the molecule is O=C(O)N1CCN(Cc2cc(-c3ccccc3)on2)CC1C(C(F)(F)F)C(F)(F)F. The Hall–Kier alpha value is -2.76. The molecule has 12 heteroatoms. The Labute approximate surface area is 166 Å². The minimum absolute atomic E-state index is 0.0429. The summed E-state index contributed by atoms with van der Waals surface area (Å²) >= 11 is 0. The predicted molar refractivity (Wildman–Crippen MR) is 91.3 cm³/mol. The van der Waals surface area contributed by atoms with E-state index < -0.39 is 43.5 Å².